The Morgan fingerprint density at radius 1 is 0.929 bits per heavy atom. The van der Waals surface area contributed by atoms with Gasteiger partial charge in [-0.3, -0.25) is 13.9 Å². The number of hydrogen-bond donors (Lipinski definition) is 3. The largest absolute Gasteiger partial charge is 0.493 e. The molecule has 0 bridgehead atoms. The number of aromatic nitrogens is 1. The van der Waals surface area contributed by atoms with E-state index >= 15 is 0 Å². The summed E-state index contributed by atoms with van der Waals surface area (Å²) < 4.78 is 66.0. The summed E-state index contributed by atoms with van der Waals surface area (Å²) in [5.74, 6) is -1.74. The van der Waals surface area contributed by atoms with Crippen molar-refractivity contribution in [2.24, 2.45) is 4.99 Å². The molecule has 2 aromatic carbocycles. The van der Waals surface area contributed by atoms with Crippen molar-refractivity contribution in [2.75, 3.05) is 0 Å². The maximum atomic E-state index is 12.7. The average Bonchev–Trinajstić information content (AvgIpc) is 3.07. The number of hydrogen-bond acceptors (Lipinski definition) is 7. The second kappa shape index (κ2) is 5.72. The fourth-order valence-corrected chi connectivity index (χ4v) is 4.65. The van der Waals surface area contributed by atoms with Crippen LogP contribution < -0.4 is 0 Å². The third-order valence-electron chi connectivity index (χ3n) is 4.23. The molecule has 1 aliphatic rings. The van der Waals surface area contributed by atoms with Crippen LogP contribution in [-0.2, 0) is 20.4 Å². The third kappa shape index (κ3) is 2.54. The van der Waals surface area contributed by atoms with Crippen LogP contribution in [0.1, 0.15) is 15.9 Å². The Labute approximate surface area is 158 Å². The molecule has 3 aromatic rings. The first kappa shape index (κ1) is 18.3. The average molecular weight is 422 g/mol. The van der Waals surface area contributed by atoms with Crippen LogP contribution in [0.25, 0.3) is 10.9 Å². The lowest BCUT2D eigenvalue weighted by atomic mass is 10.0. The monoisotopic (exact) mass is 422 g/mol. The van der Waals surface area contributed by atoms with E-state index < -0.39 is 42.5 Å². The van der Waals surface area contributed by atoms with E-state index in [4.69, 9.17) is 0 Å². The van der Waals surface area contributed by atoms with Crippen molar-refractivity contribution in [2.45, 2.75) is 4.90 Å². The van der Waals surface area contributed by atoms with Crippen molar-refractivity contribution in [1.82, 2.24) is 3.97 Å². The SMILES string of the molecule is O=C1C(c2c(O)n(S(=O)(=O)O)c3c(S(=O)(=O)O)cccc23)=Nc2ccccc21. The quantitative estimate of drug-likeness (QED) is 0.535. The lowest BCUT2D eigenvalue weighted by Gasteiger charge is -2.05. The van der Waals surface area contributed by atoms with Gasteiger partial charge in [-0.05, 0) is 18.2 Å². The first-order valence-electron chi connectivity index (χ1n) is 7.56. The summed E-state index contributed by atoms with van der Waals surface area (Å²) in [5, 5.41) is 10.3. The molecule has 0 saturated carbocycles. The van der Waals surface area contributed by atoms with Gasteiger partial charge in [0.25, 0.3) is 10.1 Å². The number of aromatic hydroxyl groups is 1. The van der Waals surface area contributed by atoms with Crippen LogP contribution in [0.5, 0.6) is 5.88 Å². The highest BCUT2D eigenvalue weighted by Crippen LogP contribution is 2.40. The van der Waals surface area contributed by atoms with Gasteiger partial charge in [0.1, 0.15) is 10.6 Å². The van der Waals surface area contributed by atoms with Crippen LogP contribution in [0.15, 0.2) is 52.4 Å². The lowest BCUT2D eigenvalue weighted by Crippen LogP contribution is -2.13. The molecule has 0 aliphatic carbocycles. The van der Waals surface area contributed by atoms with E-state index in [0.717, 1.165) is 6.07 Å². The molecule has 0 amide bonds. The molecule has 28 heavy (non-hydrogen) atoms. The molecular weight excluding hydrogens is 412 g/mol. The summed E-state index contributed by atoms with van der Waals surface area (Å²) >= 11 is 0. The van der Waals surface area contributed by atoms with Crippen molar-refractivity contribution in [1.29, 1.82) is 0 Å². The second-order valence-electron chi connectivity index (χ2n) is 5.87. The van der Waals surface area contributed by atoms with Gasteiger partial charge in [0, 0.05) is 10.9 Å². The highest BCUT2D eigenvalue weighted by atomic mass is 32.2. The molecule has 0 atom stereocenters. The van der Waals surface area contributed by atoms with E-state index in [9.17, 15) is 35.8 Å². The number of benzene rings is 2. The predicted molar refractivity (Wildman–Crippen MR) is 97.3 cm³/mol. The third-order valence-corrected chi connectivity index (χ3v) is 5.93. The zero-order valence-corrected chi connectivity index (χ0v) is 15.3. The maximum absolute atomic E-state index is 12.7. The predicted octanol–water partition coefficient (Wildman–Crippen LogP) is 1.56. The molecule has 0 spiro atoms. The van der Waals surface area contributed by atoms with E-state index in [-0.39, 0.29) is 31.9 Å². The summed E-state index contributed by atoms with van der Waals surface area (Å²) in [6.45, 7) is 0. The van der Waals surface area contributed by atoms with Gasteiger partial charge in [-0.1, -0.05) is 24.3 Å². The highest BCUT2D eigenvalue weighted by molar-refractivity contribution is 7.86. The number of carbonyl (C=O) groups is 1. The van der Waals surface area contributed by atoms with E-state index in [1.165, 1.54) is 24.3 Å². The molecule has 2 heterocycles. The Morgan fingerprint density at radius 3 is 2.21 bits per heavy atom. The van der Waals surface area contributed by atoms with E-state index in [0.29, 0.717) is 0 Å². The van der Waals surface area contributed by atoms with E-state index in [1.807, 2.05) is 0 Å². The minimum Gasteiger partial charge on any atom is -0.493 e. The molecule has 3 N–H and O–H groups in total. The van der Waals surface area contributed by atoms with Crippen LogP contribution in [0.2, 0.25) is 0 Å². The maximum Gasteiger partial charge on any atom is 0.366 e. The van der Waals surface area contributed by atoms with Crippen LogP contribution in [0.4, 0.5) is 5.69 Å². The first-order chi connectivity index (χ1) is 13.0. The normalized spacial score (nSPS) is 14.4. The summed E-state index contributed by atoms with van der Waals surface area (Å²) in [7, 11) is -10.2. The molecule has 0 radical (unpaired) electrons. The molecule has 0 unspecified atom stereocenters. The van der Waals surface area contributed by atoms with Gasteiger partial charge in [0.15, 0.2) is 0 Å². The van der Waals surface area contributed by atoms with E-state index in [1.54, 1.807) is 12.1 Å². The van der Waals surface area contributed by atoms with Gasteiger partial charge in [-0.15, -0.1) is 0 Å². The van der Waals surface area contributed by atoms with Crippen LogP contribution >= 0.6 is 0 Å². The Bertz CT molecular complexity index is 1430. The number of carbonyl (C=O) groups excluding carboxylic acids is 1. The molecule has 0 fully saturated rings. The minimum absolute atomic E-state index is 0.0699. The highest BCUT2D eigenvalue weighted by Gasteiger charge is 2.35. The summed E-state index contributed by atoms with van der Waals surface area (Å²) in [6, 6.07) is 9.51. The van der Waals surface area contributed by atoms with Crippen LogP contribution in [-0.4, -0.2) is 46.5 Å². The molecular formula is C16H10N2O8S2. The topological polar surface area (TPSA) is 163 Å². The molecule has 12 heteroatoms. The van der Waals surface area contributed by atoms with Gasteiger partial charge in [-0.25, -0.2) is 4.99 Å². The molecule has 10 nitrogen and oxygen atoms in total. The number of fused-ring (bicyclic) bond motifs is 2. The lowest BCUT2D eigenvalue weighted by molar-refractivity contribution is 0.107. The number of ketones is 1. The Hall–Kier alpha value is -3.06. The number of aliphatic imine (C=N–C) groups is 1. The number of Topliss-reactive ketones (excluding diaryl/α,β-unsaturated/α-hetero) is 1. The number of nitrogens with zero attached hydrogens (tertiary/aromatic N) is 2. The van der Waals surface area contributed by atoms with Gasteiger partial charge in [-0.2, -0.15) is 20.8 Å². The summed E-state index contributed by atoms with van der Waals surface area (Å²) in [4.78, 5) is 15.9. The van der Waals surface area contributed by atoms with Gasteiger partial charge in [0.2, 0.25) is 11.7 Å². The summed E-state index contributed by atoms with van der Waals surface area (Å²) in [5.41, 5.74) is -0.958. The smallest absolute Gasteiger partial charge is 0.366 e. The zero-order valence-electron chi connectivity index (χ0n) is 13.6. The standard InChI is InChI=1S/C16H10N2O8S2/c19-15-8-4-1-2-6-10(8)17-13(15)12-9-5-3-7-11(27(21,22)23)14(9)18(16(12)20)28(24,25)26/h1-7,20H,(H,21,22,23)(H,24,25,26). The number of para-hydroxylation sites is 2. The number of rotatable bonds is 3. The summed E-state index contributed by atoms with van der Waals surface area (Å²) in [6.07, 6.45) is 0. The second-order valence-corrected chi connectivity index (χ2v) is 8.53. The first-order valence-corrected chi connectivity index (χ1v) is 10.4. The van der Waals surface area contributed by atoms with Crippen molar-refractivity contribution in [3.63, 3.8) is 0 Å². The molecule has 144 valence electrons. The van der Waals surface area contributed by atoms with Crippen molar-refractivity contribution in [3.05, 3.63) is 53.6 Å². The van der Waals surface area contributed by atoms with Crippen molar-refractivity contribution < 1.29 is 35.8 Å². The van der Waals surface area contributed by atoms with Crippen LogP contribution in [0.3, 0.4) is 0 Å². The Kier molecular flexibility index (Phi) is 3.74. The van der Waals surface area contributed by atoms with Crippen LogP contribution in [0, 0.1) is 0 Å². The molecule has 1 aromatic heterocycles. The van der Waals surface area contributed by atoms with Gasteiger partial charge >= 0.3 is 10.3 Å². The molecule has 0 saturated heterocycles. The minimum atomic E-state index is -5.21. The molecule has 4 rings (SSSR count). The fourth-order valence-electron chi connectivity index (χ4n) is 3.16. The van der Waals surface area contributed by atoms with Crippen molar-refractivity contribution in [3.8, 4) is 5.88 Å². The zero-order chi connectivity index (χ0) is 20.4. The fraction of sp³-hybridized carbons (Fsp3) is 0. The van der Waals surface area contributed by atoms with E-state index in [2.05, 4.69) is 4.99 Å². The molecule has 1 aliphatic heterocycles. The Balaban J connectivity index is 2.17. The Morgan fingerprint density at radius 2 is 1.61 bits per heavy atom. The van der Waals surface area contributed by atoms with Crippen molar-refractivity contribution >= 4 is 48.5 Å². The van der Waals surface area contributed by atoms with Gasteiger partial charge < -0.3 is 5.11 Å². The van der Waals surface area contributed by atoms with Gasteiger partial charge in [0.05, 0.1) is 16.8 Å².